The number of halogens is 1. The van der Waals surface area contributed by atoms with Crippen molar-refractivity contribution in [3.8, 4) is 11.3 Å². The van der Waals surface area contributed by atoms with Gasteiger partial charge in [-0.05, 0) is 61.2 Å². The van der Waals surface area contributed by atoms with E-state index >= 15 is 0 Å². The molecule has 1 aliphatic rings. The first-order valence-corrected chi connectivity index (χ1v) is 12.0. The smallest absolute Gasteiger partial charge is 0.253 e. The second kappa shape index (κ2) is 10.1. The Balaban J connectivity index is 1.40. The average Bonchev–Trinajstić information content (AvgIpc) is 3.29. The molecular weight excluding hydrogens is 439 g/mol. The largest absolute Gasteiger partial charge is 0.399 e. The van der Waals surface area contributed by atoms with Gasteiger partial charge in [-0.25, -0.2) is 9.37 Å². The number of anilines is 2. The van der Waals surface area contributed by atoms with E-state index in [9.17, 15) is 14.0 Å². The normalized spacial score (nSPS) is 15.9. The zero-order chi connectivity index (χ0) is 23.4. The minimum absolute atomic E-state index is 0.142. The molecule has 2 aromatic carbocycles. The number of aromatic nitrogens is 1. The fourth-order valence-corrected chi connectivity index (χ4v) is 4.80. The molecule has 0 saturated carbocycles. The van der Waals surface area contributed by atoms with Crippen molar-refractivity contribution in [2.24, 2.45) is 5.92 Å². The maximum Gasteiger partial charge on any atom is 0.253 e. The monoisotopic (exact) mass is 466 g/mol. The third-order valence-corrected chi connectivity index (χ3v) is 6.62. The predicted molar refractivity (Wildman–Crippen MR) is 130 cm³/mol. The van der Waals surface area contributed by atoms with Crippen molar-refractivity contribution < 1.29 is 14.0 Å². The van der Waals surface area contributed by atoms with Crippen LogP contribution in [0.4, 0.5) is 15.2 Å². The maximum absolute atomic E-state index is 13.2. The Morgan fingerprint density at radius 3 is 2.79 bits per heavy atom. The first-order valence-electron chi connectivity index (χ1n) is 11.1. The lowest BCUT2D eigenvalue weighted by Gasteiger charge is -2.32. The van der Waals surface area contributed by atoms with Crippen molar-refractivity contribution >= 4 is 34.0 Å². The summed E-state index contributed by atoms with van der Waals surface area (Å²) in [4.78, 5) is 31.9. The Morgan fingerprint density at radius 1 is 1.24 bits per heavy atom. The summed E-state index contributed by atoms with van der Waals surface area (Å²) < 4.78 is 13.2. The van der Waals surface area contributed by atoms with E-state index in [0.717, 1.165) is 41.8 Å². The summed E-state index contributed by atoms with van der Waals surface area (Å²) in [5.41, 5.74) is 10.1. The summed E-state index contributed by atoms with van der Waals surface area (Å²) >= 11 is 1.38. The number of nitrogens with two attached hydrogens (primary N) is 1. The fraction of sp³-hybridized carbons (Fsp3) is 0.320. The Morgan fingerprint density at radius 2 is 2.03 bits per heavy atom. The van der Waals surface area contributed by atoms with Gasteiger partial charge in [0.15, 0.2) is 5.13 Å². The molecule has 33 heavy (non-hydrogen) atoms. The molecular formula is C25H27FN4O2S. The van der Waals surface area contributed by atoms with Gasteiger partial charge in [0.2, 0.25) is 5.91 Å². The lowest BCUT2D eigenvalue weighted by molar-refractivity contribution is -0.121. The van der Waals surface area contributed by atoms with Crippen LogP contribution in [0.25, 0.3) is 11.3 Å². The van der Waals surface area contributed by atoms with E-state index in [4.69, 9.17) is 5.73 Å². The Bertz CT molecular complexity index is 1150. The highest BCUT2D eigenvalue weighted by Crippen LogP contribution is 2.29. The van der Waals surface area contributed by atoms with Crippen LogP contribution >= 0.6 is 11.3 Å². The summed E-state index contributed by atoms with van der Waals surface area (Å²) in [5, 5.41) is 5.37. The molecule has 1 atom stereocenters. The van der Waals surface area contributed by atoms with Gasteiger partial charge in [-0.15, -0.1) is 11.3 Å². The first-order chi connectivity index (χ1) is 15.9. The molecule has 1 fully saturated rings. The highest BCUT2D eigenvalue weighted by Gasteiger charge is 2.29. The number of likely N-dealkylation sites (tertiary alicyclic amines) is 1. The van der Waals surface area contributed by atoms with Crippen LogP contribution in [0, 0.1) is 11.7 Å². The van der Waals surface area contributed by atoms with E-state index in [-0.39, 0.29) is 23.5 Å². The second-order valence-corrected chi connectivity index (χ2v) is 9.15. The molecule has 2 amide bonds. The molecule has 4 rings (SSSR count). The standard InChI is InChI=1S/C25H27FN4O2S/c1-2-4-17-13-18(8-11-21(17)27)22-15-33-25(28-22)29-23(31)19-5-3-12-30(14-19)24(32)16-6-9-20(26)10-7-16/h6-11,13,15,19H,2-5,12,14,27H2,1H3,(H,28,29,31). The number of benzene rings is 2. The van der Waals surface area contributed by atoms with Gasteiger partial charge in [-0.2, -0.15) is 0 Å². The highest BCUT2D eigenvalue weighted by atomic mass is 32.1. The minimum Gasteiger partial charge on any atom is -0.399 e. The lowest BCUT2D eigenvalue weighted by Crippen LogP contribution is -2.43. The molecule has 0 aliphatic carbocycles. The molecule has 8 heteroatoms. The summed E-state index contributed by atoms with van der Waals surface area (Å²) in [6, 6.07) is 11.4. The highest BCUT2D eigenvalue weighted by molar-refractivity contribution is 7.14. The van der Waals surface area contributed by atoms with Crippen LogP contribution < -0.4 is 11.1 Å². The van der Waals surface area contributed by atoms with E-state index in [0.29, 0.717) is 30.2 Å². The topological polar surface area (TPSA) is 88.3 Å². The number of rotatable bonds is 6. The van der Waals surface area contributed by atoms with E-state index in [1.807, 2.05) is 17.5 Å². The number of piperidine rings is 1. The van der Waals surface area contributed by atoms with Crippen molar-refractivity contribution in [3.05, 3.63) is 64.8 Å². The van der Waals surface area contributed by atoms with Crippen molar-refractivity contribution in [2.75, 3.05) is 24.1 Å². The number of amides is 2. The number of carbonyl (C=O) groups excluding carboxylic acids is 2. The predicted octanol–water partition coefficient (Wildman–Crippen LogP) is 4.97. The number of nitrogens with zero attached hydrogens (tertiary/aromatic N) is 2. The molecule has 0 bridgehead atoms. The van der Waals surface area contributed by atoms with Gasteiger partial charge in [-0.1, -0.05) is 19.4 Å². The van der Waals surface area contributed by atoms with Crippen molar-refractivity contribution in [3.63, 3.8) is 0 Å². The molecule has 1 aromatic heterocycles. The number of thiazole rings is 1. The number of hydrogen-bond donors (Lipinski definition) is 2. The first kappa shape index (κ1) is 22.9. The van der Waals surface area contributed by atoms with Crippen molar-refractivity contribution in [1.82, 2.24) is 9.88 Å². The van der Waals surface area contributed by atoms with Gasteiger partial charge >= 0.3 is 0 Å². The van der Waals surface area contributed by atoms with Crippen LogP contribution in [0.15, 0.2) is 47.8 Å². The minimum atomic E-state index is -0.383. The summed E-state index contributed by atoms with van der Waals surface area (Å²) in [6.45, 7) is 3.03. The molecule has 0 radical (unpaired) electrons. The second-order valence-electron chi connectivity index (χ2n) is 8.29. The molecule has 1 saturated heterocycles. The molecule has 1 unspecified atom stereocenters. The molecule has 172 valence electrons. The number of carbonyl (C=O) groups is 2. The van der Waals surface area contributed by atoms with E-state index in [2.05, 4.69) is 23.3 Å². The Kier molecular flexibility index (Phi) is 7.03. The van der Waals surface area contributed by atoms with Crippen molar-refractivity contribution in [1.29, 1.82) is 0 Å². The van der Waals surface area contributed by atoms with E-state index < -0.39 is 0 Å². The van der Waals surface area contributed by atoms with Crippen LogP contribution in [-0.4, -0.2) is 34.8 Å². The van der Waals surface area contributed by atoms with Crippen LogP contribution in [0.1, 0.15) is 42.1 Å². The van der Waals surface area contributed by atoms with Crippen molar-refractivity contribution in [2.45, 2.75) is 32.6 Å². The van der Waals surface area contributed by atoms with Crippen LogP contribution in [-0.2, 0) is 11.2 Å². The van der Waals surface area contributed by atoms with Crippen LogP contribution in [0.3, 0.4) is 0 Å². The van der Waals surface area contributed by atoms with Gasteiger partial charge < -0.3 is 16.0 Å². The van der Waals surface area contributed by atoms with Gasteiger partial charge in [0.25, 0.3) is 5.91 Å². The summed E-state index contributed by atoms with van der Waals surface area (Å²) in [6.07, 6.45) is 3.35. The Hall–Kier alpha value is -3.26. The van der Waals surface area contributed by atoms with E-state index in [1.54, 1.807) is 4.90 Å². The molecule has 2 heterocycles. The number of hydrogen-bond acceptors (Lipinski definition) is 5. The zero-order valence-electron chi connectivity index (χ0n) is 18.5. The summed E-state index contributed by atoms with van der Waals surface area (Å²) in [5.74, 6) is -1.03. The lowest BCUT2D eigenvalue weighted by atomic mass is 9.96. The summed E-state index contributed by atoms with van der Waals surface area (Å²) in [7, 11) is 0. The van der Waals surface area contributed by atoms with Gasteiger partial charge in [0.05, 0.1) is 11.6 Å². The van der Waals surface area contributed by atoms with E-state index in [1.165, 1.54) is 35.6 Å². The zero-order valence-corrected chi connectivity index (χ0v) is 19.3. The number of aryl methyl sites for hydroxylation is 1. The van der Waals surface area contributed by atoms with Gasteiger partial charge in [-0.3, -0.25) is 9.59 Å². The maximum atomic E-state index is 13.2. The quantitative estimate of drug-likeness (QED) is 0.502. The van der Waals surface area contributed by atoms with Gasteiger partial charge in [0.1, 0.15) is 5.82 Å². The van der Waals surface area contributed by atoms with Crippen LogP contribution in [0.2, 0.25) is 0 Å². The molecule has 3 N–H and O–H groups in total. The average molecular weight is 467 g/mol. The third kappa shape index (κ3) is 5.39. The molecule has 1 aliphatic heterocycles. The number of nitrogens with one attached hydrogen (secondary N) is 1. The molecule has 3 aromatic rings. The molecule has 6 nitrogen and oxygen atoms in total. The molecule has 0 spiro atoms. The van der Waals surface area contributed by atoms with Gasteiger partial charge in [0, 0.05) is 35.3 Å². The Labute approximate surface area is 196 Å². The van der Waals surface area contributed by atoms with Crippen LogP contribution in [0.5, 0.6) is 0 Å². The SMILES string of the molecule is CCCc1cc(-c2csc(NC(=O)C3CCCN(C(=O)c4ccc(F)cc4)C3)n2)ccc1N. The third-order valence-electron chi connectivity index (χ3n) is 5.86. The number of nitrogen functional groups attached to an aromatic ring is 1. The fourth-order valence-electron chi connectivity index (χ4n) is 4.07.